The fourth-order valence-electron chi connectivity index (χ4n) is 2.09. The molecule has 0 unspecified atom stereocenters. The number of piperazine rings is 1. The van der Waals surface area contributed by atoms with Crippen LogP contribution in [0.4, 0.5) is 11.4 Å². The van der Waals surface area contributed by atoms with Crippen LogP contribution in [0, 0.1) is 0 Å². The monoisotopic (exact) mass is 292 g/mol. The van der Waals surface area contributed by atoms with E-state index in [1.54, 1.807) is 0 Å². The third-order valence-corrected chi connectivity index (χ3v) is 3.58. The number of anilines is 2. The molecule has 0 bridgehead atoms. The zero-order valence-corrected chi connectivity index (χ0v) is 12.7. The Morgan fingerprint density at radius 3 is 2.35 bits per heavy atom. The molecular formula is C14H20N4OS. The molecule has 20 heavy (non-hydrogen) atoms. The second-order valence-electron chi connectivity index (χ2n) is 4.98. The molecule has 1 aliphatic heterocycles. The summed E-state index contributed by atoms with van der Waals surface area (Å²) in [5.41, 5.74) is 1.66. The third kappa shape index (κ3) is 4.18. The molecule has 0 aromatic heterocycles. The quantitative estimate of drug-likeness (QED) is 0.811. The Balaban J connectivity index is 1.95. The van der Waals surface area contributed by atoms with Gasteiger partial charge in [-0.05, 0) is 37.5 Å². The molecule has 1 aromatic rings. The summed E-state index contributed by atoms with van der Waals surface area (Å²) in [6, 6.07) is 7.56. The number of thiocarbonyl (C=S) groups is 1. The summed E-state index contributed by atoms with van der Waals surface area (Å²) < 4.78 is 0. The lowest BCUT2D eigenvalue weighted by atomic mass is 10.2. The van der Waals surface area contributed by atoms with Crippen molar-refractivity contribution in [2.75, 3.05) is 43.9 Å². The number of amides is 1. The average Bonchev–Trinajstić information content (AvgIpc) is 2.39. The molecule has 1 amide bonds. The predicted octanol–water partition coefficient (Wildman–Crippen LogP) is 1.59. The van der Waals surface area contributed by atoms with Crippen molar-refractivity contribution in [2.45, 2.75) is 6.92 Å². The number of carbonyl (C=O) groups excluding carboxylic acids is 1. The molecule has 1 heterocycles. The Labute approximate surface area is 124 Å². The van der Waals surface area contributed by atoms with Crippen molar-refractivity contribution < 1.29 is 4.79 Å². The van der Waals surface area contributed by atoms with Gasteiger partial charge in [0.1, 0.15) is 0 Å². The summed E-state index contributed by atoms with van der Waals surface area (Å²) in [4.78, 5) is 15.5. The lowest BCUT2D eigenvalue weighted by Crippen LogP contribution is -2.48. The van der Waals surface area contributed by atoms with Gasteiger partial charge in [0.25, 0.3) is 0 Å². The van der Waals surface area contributed by atoms with Gasteiger partial charge in [-0.15, -0.1) is 0 Å². The smallest absolute Gasteiger partial charge is 0.221 e. The molecule has 0 aliphatic carbocycles. The van der Waals surface area contributed by atoms with Gasteiger partial charge in [0.15, 0.2) is 5.11 Å². The third-order valence-electron chi connectivity index (χ3n) is 3.22. The highest BCUT2D eigenvalue weighted by Crippen LogP contribution is 2.16. The normalized spacial score (nSPS) is 15.8. The maximum atomic E-state index is 11.1. The molecule has 108 valence electrons. The maximum absolute atomic E-state index is 11.1. The van der Waals surface area contributed by atoms with E-state index in [9.17, 15) is 4.79 Å². The Bertz CT molecular complexity index is 498. The van der Waals surface area contributed by atoms with Crippen LogP contribution < -0.4 is 10.6 Å². The van der Waals surface area contributed by atoms with Gasteiger partial charge in [-0.25, -0.2) is 0 Å². The number of benzene rings is 1. The van der Waals surface area contributed by atoms with Crippen LogP contribution >= 0.6 is 12.2 Å². The van der Waals surface area contributed by atoms with Crippen molar-refractivity contribution in [1.82, 2.24) is 9.80 Å². The molecule has 5 nitrogen and oxygen atoms in total. The van der Waals surface area contributed by atoms with E-state index < -0.39 is 0 Å². The Kier molecular flexibility index (Phi) is 4.92. The SMILES string of the molecule is CC(=O)Nc1cccc(NC(=S)N2CCN(C)CC2)c1. The molecule has 1 saturated heterocycles. The highest BCUT2D eigenvalue weighted by molar-refractivity contribution is 7.80. The molecule has 1 aromatic carbocycles. The van der Waals surface area contributed by atoms with E-state index in [1.807, 2.05) is 24.3 Å². The summed E-state index contributed by atoms with van der Waals surface area (Å²) in [7, 11) is 2.12. The number of rotatable bonds is 2. The van der Waals surface area contributed by atoms with E-state index in [4.69, 9.17) is 12.2 Å². The van der Waals surface area contributed by atoms with Crippen molar-refractivity contribution in [2.24, 2.45) is 0 Å². The van der Waals surface area contributed by atoms with Crippen LogP contribution in [0.5, 0.6) is 0 Å². The topological polar surface area (TPSA) is 47.6 Å². The second kappa shape index (κ2) is 6.67. The Morgan fingerprint density at radius 1 is 1.15 bits per heavy atom. The van der Waals surface area contributed by atoms with Crippen LogP contribution in [0.3, 0.4) is 0 Å². The minimum atomic E-state index is -0.0798. The minimum Gasteiger partial charge on any atom is -0.346 e. The fourth-order valence-corrected chi connectivity index (χ4v) is 2.39. The first-order valence-electron chi connectivity index (χ1n) is 6.67. The van der Waals surface area contributed by atoms with Gasteiger partial charge in [0.05, 0.1) is 0 Å². The molecule has 1 aliphatic rings. The zero-order chi connectivity index (χ0) is 14.5. The maximum Gasteiger partial charge on any atom is 0.221 e. The Morgan fingerprint density at radius 2 is 1.75 bits per heavy atom. The van der Waals surface area contributed by atoms with Gasteiger partial charge >= 0.3 is 0 Å². The first-order chi connectivity index (χ1) is 9.54. The largest absolute Gasteiger partial charge is 0.346 e. The lowest BCUT2D eigenvalue weighted by Gasteiger charge is -2.34. The number of carbonyl (C=O) groups is 1. The molecule has 2 N–H and O–H groups in total. The van der Waals surface area contributed by atoms with Crippen molar-refractivity contribution in [3.63, 3.8) is 0 Å². The number of nitrogens with zero attached hydrogens (tertiary/aromatic N) is 2. The number of likely N-dealkylation sites (N-methyl/N-ethyl adjacent to an activating group) is 1. The van der Waals surface area contributed by atoms with E-state index in [0.717, 1.165) is 42.7 Å². The standard InChI is InChI=1S/C14H20N4OS/c1-11(19)15-12-4-3-5-13(10-12)16-14(20)18-8-6-17(2)7-9-18/h3-5,10H,6-9H2,1-2H3,(H,15,19)(H,16,20). The molecule has 0 spiro atoms. The Hall–Kier alpha value is -1.66. The van der Waals surface area contributed by atoms with Crippen LogP contribution in [-0.2, 0) is 4.79 Å². The van der Waals surface area contributed by atoms with Gasteiger partial charge in [-0.3, -0.25) is 4.79 Å². The van der Waals surface area contributed by atoms with Crippen molar-refractivity contribution >= 4 is 34.6 Å². The van der Waals surface area contributed by atoms with Crippen LogP contribution in [-0.4, -0.2) is 54.0 Å². The van der Waals surface area contributed by atoms with Gasteiger partial charge in [0, 0.05) is 44.5 Å². The summed E-state index contributed by atoms with van der Waals surface area (Å²) in [5.74, 6) is -0.0798. The molecule has 0 atom stereocenters. The fraction of sp³-hybridized carbons (Fsp3) is 0.429. The number of nitrogens with one attached hydrogen (secondary N) is 2. The second-order valence-corrected chi connectivity index (χ2v) is 5.37. The van der Waals surface area contributed by atoms with Crippen molar-refractivity contribution in [3.05, 3.63) is 24.3 Å². The molecule has 0 saturated carbocycles. The summed E-state index contributed by atoms with van der Waals surface area (Å²) in [5, 5.41) is 6.72. The molecule has 2 rings (SSSR count). The molecule has 0 radical (unpaired) electrons. The van der Waals surface area contributed by atoms with Crippen LogP contribution in [0.25, 0.3) is 0 Å². The van der Waals surface area contributed by atoms with E-state index in [-0.39, 0.29) is 5.91 Å². The van der Waals surface area contributed by atoms with Crippen molar-refractivity contribution in [1.29, 1.82) is 0 Å². The molecule has 1 fully saturated rings. The van der Waals surface area contributed by atoms with E-state index in [2.05, 4.69) is 27.5 Å². The summed E-state index contributed by atoms with van der Waals surface area (Å²) >= 11 is 5.43. The first kappa shape index (κ1) is 14.7. The molecule has 6 heteroatoms. The average molecular weight is 292 g/mol. The van der Waals surface area contributed by atoms with Gasteiger partial charge in [0.2, 0.25) is 5.91 Å². The van der Waals surface area contributed by atoms with Gasteiger partial charge in [-0.2, -0.15) is 0 Å². The molecular weight excluding hydrogens is 272 g/mol. The van der Waals surface area contributed by atoms with Crippen LogP contribution in [0.2, 0.25) is 0 Å². The highest BCUT2D eigenvalue weighted by atomic mass is 32.1. The predicted molar refractivity (Wildman–Crippen MR) is 86.0 cm³/mol. The first-order valence-corrected chi connectivity index (χ1v) is 7.07. The zero-order valence-electron chi connectivity index (χ0n) is 11.8. The minimum absolute atomic E-state index is 0.0798. The number of hydrogen-bond donors (Lipinski definition) is 2. The van der Waals surface area contributed by atoms with E-state index in [1.165, 1.54) is 6.92 Å². The van der Waals surface area contributed by atoms with Crippen molar-refractivity contribution in [3.8, 4) is 0 Å². The number of hydrogen-bond acceptors (Lipinski definition) is 3. The highest BCUT2D eigenvalue weighted by Gasteiger charge is 2.16. The summed E-state index contributed by atoms with van der Waals surface area (Å²) in [6.45, 7) is 5.41. The van der Waals surface area contributed by atoms with Gasteiger partial charge in [-0.1, -0.05) is 6.07 Å². The van der Waals surface area contributed by atoms with E-state index in [0.29, 0.717) is 0 Å². The van der Waals surface area contributed by atoms with Crippen LogP contribution in [0.1, 0.15) is 6.92 Å². The van der Waals surface area contributed by atoms with E-state index >= 15 is 0 Å². The van der Waals surface area contributed by atoms with Crippen LogP contribution in [0.15, 0.2) is 24.3 Å². The lowest BCUT2D eigenvalue weighted by molar-refractivity contribution is -0.114. The van der Waals surface area contributed by atoms with Gasteiger partial charge < -0.3 is 20.4 Å². The summed E-state index contributed by atoms with van der Waals surface area (Å²) in [6.07, 6.45) is 0.